The maximum atomic E-state index is 13.0. The van der Waals surface area contributed by atoms with E-state index in [-0.39, 0.29) is 6.04 Å². The summed E-state index contributed by atoms with van der Waals surface area (Å²) in [5.41, 5.74) is 0.337. The van der Waals surface area contributed by atoms with Gasteiger partial charge in [-0.3, -0.25) is 0 Å². The minimum absolute atomic E-state index is 0.0820. The van der Waals surface area contributed by atoms with Crippen LogP contribution in [0.4, 0.5) is 5.95 Å². The summed E-state index contributed by atoms with van der Waals surface area (Å²) in [5, 5.41) is 3.27. The molecule has 4 rings (SSSR count). The molecule has 2 aliphatic heterocycles. The van der Waals surface area contributed by atoms with Gasteiger partial charge in [-0.2, -0.15) is 4.31 Å². The van der Waals surface area contributed by atoms with Crippen LogP contribution in [0.3, 0.4) is 0 Å². The van der Waals surface area contributed by atoms with Crippen LogP contribution < -0.4 is 5.32 Å². The van der Waals surface area contributed by atoms with Crippen molar-refractivity contribution in [2.24, 2.45) is 0 Å². The molecule has 0 amide bonds. The molecule has 7 nitrogen and oxygen atoms in total. The maximum absolute atomic E-state index is 13.0. The molecule has 1 aromatic heterocycles. The molecule has 138 valence electrons. The quantitative estimate of drug-likeness (QED) is 0.879. The van der Waals surface area contributed by atoms with Crippen molar-refractivity contribution in [2.75, 3.05) is 25.0 Å². The molecule has 8 heteroatoms. The molecule has 3 heterocycles. The summed E-state index contributed by atoms with van der Waals surface area (Å²) in [6.45, 7) is 3.21. The van der Waals surface area contributed by atoms with Crippen LogP contribution in [0.1, 0.15) is 18.4 Å². The number of hydrogen-bond acceptors (Lipinski definition) is 6. The minimum atomic E-state index is -3.50. The van der Waals surface area contributed by atoms with E-state index < -0.39 is 15.6 Å². The van der Waals surface area contributed by atoms with Crippen LogP contribution in [-0.4, -0.2) is 54.0 Å². The molecule has 2 aromatic rings. The molecule has 2 saturated heterocycles. The smallest absolute Gasteiger partial charge is 0.243 e. The van der Waals surface area contributed by atoms with Gasteiger partial charge in [-0.1, -0.05) is 18.2 Å². The van der Waals surface area contributed by atoms with E-state index in [9.17, 15) is 8.42 Å². The van der Waals surface area contributed by atoms with Crippen molar-refractivity contribution >= 4 is 16.0 Å². The predicted molar refractivity (Wildman–Crippen MR) is 97.3 cm³/mol. The van der Waals surface area contributed by atoms with Gasteiger partial charge in [0.15, 0.2) is 0 Å². The molecule has 2 fully saturated rings. The average molecular weight is 374 g/mol. The van der Waals surface area contributed by atoms with Crippen LogP contribution in [0.5, 0.6) is 0 Å². The molecular weight excluding hydrogens is 352 g/mol. The highest BCUT2D eigenvalue weighted by atomic mass is 32.2. The molecule has 2 atom stereocenters. The van der Waals surface area contributed by atoms with Gasteiger partial charge in [0.1, 0.15) is 0 Å². The Hall–Kier alpha value is -2.03. The number of aryl methyl sites for hydroxylation is 1. The Morgan fingerprint density at radius 3 is 2.77 bits per heavy atom. The third-order valence-corrected chi connectivity index (χ3v) is 7.11. The molecule has 26 heavy (non-hydrogen) atoms. The van der Waals surface area contributed by atoms with E-state index in [0.717, 1.165) is 12.0 Å². The zero-order valence-electron chi connectivity index (χ0n) is 14.6. The SMILES string of the molecule is Cc1ccccc1S(=O)(=O)N1CC[C@@]2(C[C@H](Nc3ncccn3)CO2)C1. The monoisotopic (exact) mass is 374 g/mol. The first-order valence-electron chi connectivity index (χ1n) is 8.72. The van der Waals surface area contributed by atoms with E-state index in [2.05, 4.69) is 15.3 Å². The summed E-state index contributed by atoms with van der Waals surface area (Å²) in [5.74, 6) is 0.570. The van der Waals surface area contributed by atoms with E-state index in [0.29, 0.717) is 37.0 Å². The van der Waals surface area contributed by atoms with Gasteiger partial charge < -0.3 is 10.1 Å². The molecule has 0 bridgehead atoms. The first-order valence-corrected chi connectivity index (χ1v) is 10.2. The fourth-order valence-corrected chi connectivity index (χ4v) is 5.52. The number of anilines is 1. The fourth-order valence-electron chi connectivity index (χ4n) is 3.78. The topological polar surface area (TPSA) is 84.4 Å². The number of hydrogen-bond donors (Lipinski definition) is 1. The number of nitrogens with one attached hydrogen (secondary N) is 1. The fraction of sp³-hybridized carbons (Fsp3) is 0.444. The van der Waals surface area contributed by atoms with Crippen LogP contribution in [0.15, 0.2) is 47.6 Å². The molecular formula is C18H22N4O3S. The van der Waals surface area contributed by atoms with Crippen LogP contribution in [0, 0.1) is 6.92 Å². The zero-order chi connectivity index (χ0) is 18.2. The van der Waals surface area contributed by atoms with Crippen molar-refractivity contribution in [3.63, 3.8) is 0 Å². The Morgan fingerprint density at radius 1 is 1.23 bits per heavy atom. The first-order chi connectivity index (χ1) is 12.5. The predicted octanol–water partition coefficient (Wildman–Crippen LogP) is 1.82. The van der Waals surface area contributed by atoms with E-state index in [1.54, 1.807) is 34.9 Å². The third kappa shape index (κ3) is 3.20. The number of aromatic nitrogens is 2. The number of rotatable bonds is 4. The van der Waals surface area contributed by atoms with E-state index in [1.165, 1.54) is 0 Å². The molecule has 2 aliphatic rings. The van der Waals surface area contributed by atoms with Crippen molar-refractivity contribution in [1.82, 2.24) is 14.3 Å². The summed E-state index contributed by atoms with van der Waals surface area (Å²) in [4.78, 5) is 8.73. The highest BCUT2D eigenvalue weighted by Gasteiger charge is 2.48. The highest BCUT2D eigenvalue weighted by molar-refractivity contribution is 7.89. The summed E-state index contributed by atoms with van der Waals surface area (Å²) in [6, 6.07) is 8.95. The zero-order valence-corrected chi connectivity index (χ0v) is 15.4. The van der Waals surface area contributed by atoms with E-state index in [4.69, 9.17) is 4.74 Å². The van der Waals surface area contributed by atoms with Crippen molar-refractivity contribution < 1.29 is 13.2 Å². The molecule has 1 N–H and O–H groups in total. The molecule has 0 unspecified atom stereocenters. The first kappa shape index (κ1) is 17.4. The van der Waals surface area contributed by atoms with Crippen LogP contribution in [-0.2, 0) is 14.8 Å². The second-order valence-corrected chi connectivity index (χ2v) is 8.87. The molecule has 1 aromatic carbocycles. The van der Waals surface area contributed by atoms with Crippen LogP contribution in [0.25, 0.3) is 0 Å². The Labute approximate surface area is 153 Å². The maximum Gasteiger partial charge on any atom is 0.243 e. The lowest BCUT2D eigenvalue weighted by Gasteiger charge is -2.23. The largest absolute Gasteiger partial charge is 0.371 e. The lowest BCUT2D eigenvalue weighted by Crippen LogP contribution is -2.36. The Kier molecular flexibility index (Phi) is 4.42. The number of benzene rings is 1. The molecule has 1 spiro atoms. The third-order valence-electron chi connectivity index (χ3n) is 5.10. The van der Waals surface area contributed by atoms with Crippen molar-refractivity contribution in [2.45, 2.75) is 36.3 Å². The van der Waals surface area contributed by atoms with Gasteiger partial charge in [0.2, 0.25) is 16.0 Å². The normalized spacial score (nSPS) is 26.4. The Bertz CT molecular complexity index is 890. The van der Waals surface area contributed by atoms with Crippen molar-refractivity contribution in [3.8, 4) is 0 Å². The molecule has 0 saturated carbocycles. The van der Waals surface area contributed by atoms with Gasteiger partial charge in [0.25, 0.3) is 0 Å². The number of nitrogens with zero attached hydrogens (tertiary/aromatic N) is 3. The van der Waals surface area contributed by atoms with Gasteiger partial charge in [-0.15, -0.1) is 0 Å². The van der Waals surface area contributed by atoms with Gasteiger partial charge >= 0.3 is 0 Å². The lowest BCUT2D eigenvalue weighted by atomic mass is 9.97. The molecule has 0 radical (unpaired) electrons. The summed E-state index contributed by atoms with van der Waals surface area (Å²) < 4.78 is 33.6. The summed E-state index contributed by atoms with van der Waals surface area (Å²) in [7, 11) is -3.50. The average Bonchev–Trinajstić information content (AvgIpc) is 3.23. The van der Waals surface area contributed by atoms with Crippen LogP contribution in [0.2, 0.25) is 0 Å². The van der Waals surface area contributed by atoms with Crippen molar-refractivity contribution in [3.05, 3.63) is 48.3 Å². The van der Waals surface area contributed by atoms with Gasteiger partial charge in [-0.05, 0) is 31.0 Å². The van der Waals surface area contributed by atoms with Gasteiger partial charge in [0, 0.05) is 31.9 Å². The second kappa shape index (κ2) is 6.61. The Balaban J connectivity index is 1.46. The number of ether oxygens (including phenoxy) is 1. The summed E-state index contributed by atoms with van der Waals surface area (Å²) in [6.07, 6.45) is 4.82. The lowest BCUT2D eigenvalue weighted by molar-refractivity contribution is 0.0173. The Morgan fingerprint density at radius 2 is 2.00 bits per heavy atom. The van der Waals surface area contributed by atoms with Gasteiger partial charge in [0.05, 0.1) is 23.1 Å². The van der Waals surface area contributed by atoms with Crippen LogP contribution >= 0.6 is 0 Å². The second-order valence-electron chi connectivity index (χ2n) is 6.97. The van der Waals surface area contributed by atoms with E-state index in [1.807, 2.05) is 19.1 Å². The standard InChI is InChI=1S/C18H22N4O3S/c1-14-5-2-3-6-16(14)26(23,24)22-10-7-18(13-22)11-15(12-25-18)21-17-19-8-4-9-20-17/h2-6,8-9,15H,7,10-13H2,1H3,(H,19,20,21)/t15-,18+/m0/s1. The van der Waals surface area contributed by atoms with Gasteiger partial charge in [-0.25, -0.2) is 18.4 Å². The van der Waals surface area contributed by atoms with E-state index >= 15 is 0 Å². The minimum Gasteiger partial charge on any atom is -0.371 e. The molecule has 0 aliphatic carbocycles. The highest BCUT2D eigenvalue weighted by Crippen LogP contribution is 2.38. The van der Waals surface area contributed by atoms with Crippen molar-refractivity contribution in [1.29, 1.82) is 0 Å². The number of sulfonamides is 1. The summed E-state index contributed by atoms with van der Waals surface area (Å²) >= 11 is 0.